The zero-order chi connectivity index (χ0) is 16.5. The summed E-state index contributed by atoms with van der Waals surface area (Å²) >= 11 is 0. The summed E-state index contributed by atoms with van der Waals surface area (Å²) in [6.45, 7) is 4.49. The summed E-state index contributed by atoms with van der Waals surface area (Å²) in [6.07, 6.45) is 18.6. The van der Waals surface area contributed by atoms with Gasteiger partial charge in [-0.25, -0.2) is 0 Å². The van der Waals surface area contributed by atoms with Crippen molar-refractivity contribution in [3.8, 4) is 12.3 Å². The van der Waals surface area contributed by atoms with Crippen molar-refractivity contribution in [2.45, 2.75) is 57.7 Å². The average molecular weight is 310 g/mol. The second-order valence-electron chi connectivity index (χ2n) is 8.37. The molecule has 2 N–H and O–H groups in total. The van der Waals surface area contributed by atoms with Crippen LogP contribution in [0.5, 0.6) is 0 Å². The molecule has 0 heterocycles. The topological polar surface area (TPSA) is 40.5 Å². The molecule has 0 aromatic carbocycles. The normalized spacial score (nSPS) is 51.0. The van der Waals surface area contributed by atoms with Gasteiger partial charge in [0, 0.05) is 5.41 Å². The summed E-state index contributed by atoms with van der Waals surface area (Å²) in [7, 11) is 0. The van der Waals surface area contributed by atoms with E-state index in [0.29, 0.717) is 11.8 Å². The maximum Gasteiger partial charge on any atom is 0.153 e. The molecular weight excluding hydrogens is 284 g/mol. The van der Waals surface area contributed by atoms with Crippen molar-refractivity contribution in [3.63, 3.8) is 0 Å². The van der Waals surface area contributed by atoms with Gasteiger partial charge in [0.05, 0.1) is 6.10 Å². The van der Waals surface area contributed by atoms with Gasteiger partial charge in [0.2, 0.25) is 0 Å². The second-order valence-corrected chi connectivity index (χ2v) is 8.37. The van der Waals surface area contributed by atoms with E-state index in [1.54, 1.807) is 0 Å². The molecule has 0 saturated heterocycles. The first-order valence-electron chi connectivity index (χ1n) is 8.84. The fraction of sp³-hybridized carbons (Fsp3) is 0.619. The van der Waals surface area contributed by atoms with Crippen LogP contribution in [0.4, 0.5) is 0 Å². The van der Waals surface area contributed by atoms with Crippen molar-refractivity contribution in [1.29, 1.82) is 0 Å². The SMILES string of the molecule is C#C[C@]1(O)C=CC2=C3CCC4CC(O)C=C[C@]4(C)C3CC[C@@]21C. The molecule has 6 atom stereocenters. The summed E-state index contributed by atoms with van der Waals surface area (Å²) in [4.78, 5) is 0. The average Bonchev–Trinajstić information content (AvgIpc) is 2.80. The van der Waals surface area contributed by atoms with E-state index in [9.17, 15) is 10.2 Å². The summed E-state index contributed by atoms with van der Waals surface area (Å²) < 4.78 is 0. The molecule has 0 radical (unpaired) electrons. The van der Waals surface area contributed by atoms with Crippen molar-refractivity contribution in [2.24, 2.45) is 22.7 Å². The molecule has 23 heavy (non-hydrogen) atoms. The Labute approximate surface area is 139 Å². The Morgan fingerprint density at radius 2 is 2.04 bits per heavy atom. The number of aliphatic hydroxyl groups excluding tert-OH is 1. The van der Waals surface area contributed by atoms with Crippen molar-refractivity contribution < 1.29 is 10.2 Å². The molecule has 0 spiro atoms. The monoisotopic (exact) mass is 310 g/mol. The van der Waals surface area contributed by atoms with E-state index in [0.717, 1.165) is 32.1 Å². The number of rotatable bonds is 0. The van der Waals surface area contributed by atoms with E-state index in [4.69, 9.17) is 6.42 Å². The quantitative estimate of drug-likeness (QED) is 0.532. The minimum absolute atomic E-state index is 0.131. The van der Waals surface area contributed by atoms with Crippen LogP contribution in [0.3, 0.4) is 0 Å². The van der Waals surface area contributed by atoms with Gasteiger partial charge in [-0.15, -0.1) is 6.42 Å². The Morgan fingerprint density at radius 3 is 2.78 bits per heavy atom. The van der Waals surface area contributed by atoms with Gasteiger partial charge in [-0.2, -0.15) is 0 Å². The molecule has 3 unspecified atom stereocenters. The molecular formula is C21H26O2. The summed E-state index contributed by atoms with van der Waals surface area (Å²) in [5.74, 6) is 3.70. The second kappa shape index (κ2) is 4.62. The van der Waals surface area contributed by atoms with Gasteiger partial charge in [0.25, 0.3) is 0 Å². The molecule has 1 saturated carbocycles. The first-order valence-corrected chi connectivity index (χ1v) is 8.84. The lowest BCUT2D eigenvalue weighted by Gasteiger charge is -2.54. The number of allylic oxidation sites excluding steroid dienone is 3. The van der Waals surface area contributed by atoms with Gasteiger partial charge in [0.1, 0.15) is 0 Å². The fourth-order valence-corrected chi connectivity index (χ4v) is 5.80. The van der Waals surface area contributed by atoms with E-state index in [1.807, 2.05) is 12.2 Å². The van der Waals surface area contributed by atoms with Gasteiger partial charge >= 0.3 is 0 Å². The predicted molar refractivity (Wildman–Crippen MR) is 91.4 cm³/mol. The number of hydrogen-bond donors (Lipinski definition) is 2. The molecule has 0 aromatic heterocycles. The lowest BCUT2D eigenvalue weighted by Crippen LogP contribution is -2.49. The standard InChI is InChI=1S/C21H26O2/c1-4-21(23)12-9-18-16-6-5-14-13-15(22)7-10-19(14,2)17(16)8-11-20(18,21)3/h1,7,9-10,12,14-15,17,22-23H,5-6,8,11,13H2,2-3H3/t14?,15?,17?,19-,20-,21-/m0/s1. The Balaban J connectivity index is 1.81. The third kappa shape index (κ3) is 1.78. The molecule has 2 heteroatoms. The van der Waals surface area contributed by atoms with Crippen molar-refractivity contribution in [3.05, 3.63) is 35.5 Å². The summed E-state index contributed by atoms with van der Waals surface area (Å²) in [5, 5.41) is 20.9. The first kappa shape index (κ1) is 15.2. The molecule has 0 aliphatic heterocycles. The van der Waals surface area contributed by atoms with Gasteiger partial charge in [-0.05, 0) is 61.0 Å². The Morgan fingerprint density at radius 1 is 1.26 bits per heavy atom. The first-order chi connectivity index (χ1) is 10.8. The van der Waals surface area contributed by atoms with Crippen molar-refractivity contribution in [2.75, 3.05) is 0 Å². The largest absolute Gasteiger partial charge is 0.389 e. The lowest BCUT2D eigenvalue weighted by molar-refractivity contribution is 0.00935. The summed E-state index contributed by atoms with van der Waals surface area (Å²) in [6, 6.07) is 0. The fourth-order valence-electron chi connectivity index (χ4n) is 5.80. The van der Waals surface area contributed by atoms with Crippen LogP contribution in [-0.4, -0.2) is 21.9 Å². The molecule has 4 rings (SSSR count). The summed E-state index contributed by atoms with van der Waals surface area (Å²) in [5.41, 5.74) is 1.44. The molecule has 1 fully saturated rings. The highest BCUT2D eigenvalue weighted by atomic mass is 16.3. The Bertz CT molecular complexity index is 678. The molecule has 0 amide bonds. The van der Waals surface area contributed by atoms with Crippen LogP contribution in [0.25, 0.3) is 0 Å². The van der Waals surface area contributed by atoms with E-state index in [1.165, 1.54) is 11.1 Å². The minimum atomic E-state index is -1.14. The van der Waals surface area contributed by atoms with Gasteiger partial charge in [-0.1, -0.05) is 43.6 Å². The van der Waals surface area contributed by atoms with E-state index in [2.05, 4.69) is 31.9 Å². The van der Waals surface area contributed by atoms with Crippen LogP contribution in [0.2, 0.25) is 0 Å². The van der Waals surface area contributed by atoms with Crippen LogP contribution in [0, 0.1) is 35.0 Å². The van der Waals surface area contributed by atoms with Crippen molar-refractivity contribution >= 4 is 0 Å². The predicted octanol–water partition coefficient (Wildman–Crippen LogP) is 3.37. The zero-order valence-electron chi connectivity index (χ0n) is 14.0. The van der Waals surface area contributed by atoms with Crippen LogP contribution in [0.1, 0.15) is 46.0 Å². The Hall–Kier alpha value is -1.30. The highest BCUT2D eigenvalue weighted by molar-refractivity contribution is 5.51. The van der Waals surface area contributed by atoms with Gasteiger partial charge < -0.3 is 10.2 Å². The Kier molecular flexibility index (Phi) is 3.06. The van der Waals surface area contributed by atoms with Gasteiger partial charge in [-0.3, -0.25) is 0 Å². The lowest BCUT2D eigenvalue weighted by atomic mass is 9.50. The molecule has 4 aliphatic carbocycles. The van der Waals surface area contributed by atoms with Crippen molar-refractivity contribution in [1.82, 2.24) is 0 Å². The highest BCUT2D eigenvalue weighted by Crippen LogP contribution is 2.62. The molecule has 4 aliphatic rings. The number of aliphatic hydroxyl groups is 2. The van der Waals surface area contributed by atoms with Gasteiger partial charge in [0.15, 0.2) is 5.60 Å². The van der Waals surface area contributed by atoms with Crippen LogP contribution < -0.4 is 0 Å². The zero-order valence-corrected chi connectivity index (χ0v) is 14.0. The number of hydrogen-bond acceptors (Lipinski definition) is 2. The molecule has 2 nitrogen and oxygen atoms in total. The van der Waals surface area contributed by atoms with E-state index >= 15 is 0 Å². The highest BCUT2D eigenvalue weighted by Gasteiger charge is 2.57. The maximum atomic E-state index is 10.9. The number of terminal acetylenes is 1. The molecule has 0 bridgehead atoms. The maximum absolute atomic E-state index is 10.9. The van der Waals surface area contributed by atoms with E-state index in [-0.39, 0.29) is 16.9 Å². The van der Waals surface area contributed by atoms with Crippen LogP contribution in [-0.2, 0) is 0 Å². The molecule has 0 aromatic rings. The third-order valence-corrected chi connectivity index (χ3v) is 7.44. The van der Waals surface area contributed by atoms with E-state index < -0.39 is 5.60 Å². The van der Waals surface area contributed by atoms with Crippen LogP contribution >= 0.6 is 0 Å². The smallest absolute Gasteiger partial charge is 0.153 e. The third-order valence-electron chi connectivity index (χ3n) is 7.44. The minimum Gasteiger partial charge on any atom is -0.389 e. The number of fused-ring (bicyclic) bond motifs is 4. The van der Waals surface area contributed by atoms with Crippen LogP contribution in [0.15, 0.2) is 35.5 Å². The molecule has 122 valence electrons.